The van der Waals surface area contributed by atoms with E-state index in [4.69, 9.17) is 0 Å². The summed E-state index contributed by atoms with van der Waals surface area (Å²) in [5, 5.41) is 8.35. The van der Waals surface area contributed by atoms with Gasteiger partial charge in [0.05, 0.1) is 0 Å². The molecular weight excluding hydrogens is 329 g/mol. The van der Waals surface area contributed by atoms with Gasteiger partial charge in [-0.3, -0.25) is 9.59 Å². The topological polar surface area (TPSA) is 97.1 Å². The predicted molar refractivity (Wildman–Crippen MR) is 73.7 cm³/mol. The number of amides is 2. The average molecular weight is 340 g/mol. The molecular formula is C14H11F3N4O3. The van der Waals surface area contributed by atoms with Crippen LogP contribution in [0.4, 0.5) is 13.2 Å². The first-order valence-corrected chi connectivity index (χ1v) is 6.86. The zero-order valence-corrected chi connectivity index (χ0v) is 12.3. The fraction of sp³-hybridized carbons (Fsp3) is 0.286. The van der Waals surface area contributed by atoms with Crippen LogP contribution >= 0.6 is 0 Å². The largest absolute Gasteiger partial charge is 0.471 e. The number of alkyl halides is 3. The molecule has 1 atom stereocenters. The van der Waals surface area contributed by atoms with E-state index in [-0.39, 0.29) is 17.3 Å². The normalized spacial score (nSPS) is 17.2. The van der Waals surface area contributed by atoms with E-state index in [1.807, 2.05) is 0 Å². The number of rotatable bonds is 3. The van der Waals surface area contributed by atoms with Crippen LogP contribution in [0.25, 0.3) is 11.4 Å². The lowest BCUT2D eigenvalue weighted by molar-refractivity contribution is -0.159. The second kappa shape index (κ2) is 5.62. The first kappa shape index (κ1) is 16.0. The van der Waals surface area contributed by atoms with Crippen molar-refractivity contribution in [2.45, 2.75) is 19.1 Å². The molecule has 0 saturated carbocycles. The number of β-lactam (4-membered cyclic amide) rings is 1. The van der Waals surface area contributed by atoms with Gasteiger partial charge in [-0.25, -0.2) is 0 Å². The van der Waals surface area contributed by atoms with Crippen LogP contribution < -0.4 is 10.6 Å². The molecule has 1 fully saturated rings. The number of aryl methyl sites for hydroxylation is 1. The zero-order valence-electron chi connectivity index (χ0n) is 12.3. The van der Waals surface area contributed by atoms with Crippen LogP contribution in [0.1, 0.15) is 21.8 Å². The van der Waals surface area contributed by atoms with E-state index in [9.17, 15) is 22.8 Å². The van der Waals surface area contributed by atoms with E-state index in [1.165, 1.54) is 18.2 Å². The summed E-state index contributed by atoms with van der Waals surface area (Å²) in [6.45, 7) is 1.97. The molecule has 126 valence electrons. The highest BCUT2D eigenvalue weighted by Gasteiger charge is 2.38. The van der Waals surface area contributed by atoms with Crippen LogP contribution in [-0.4, -0.2) is 34.5 Å². The van der Waals surface area contributed by atoms with Gasteiger partial charge in [-0.2, -0.15) is 18.2 Å². The van der Waals surface area contributed by atoms with E-state index in [2.05, 4.69) is 25.3 Å². The molecule has 1 aliphatic heterocycles. The van der Waals surface area contributed by atoms with Crippen LogP contribution in [0.5, 0.6) is 0 Å². The smallest absolute Gasteiger partial charge is 0.352 e. The van der Waals surface area contributed by atoms with Gasteiger partial charge in [0.15, 0.2) is 0 Å². The van der Waals surface area contributed by atoms with Gasteiger partial charge in [-0.15, -0.1) is 0 Å². The van der Waals surface area contributed by atoms with Crippen molar-refractivity contribution in [3.63, 3.8) is 0 Å². The number of nitrogens with one attached hydrogen (secondary N) is 2. The molecule has 1 saturated heterocycles. The summed E-state index contributed by atoms with van der Waals surface area (Å²) in [6, 6.07) is 3.75. The second-order valence-corrected chi connectivity index (χ2v) is 5.22. The Bertz CT molecular complexity index is 816. The van der Waals surface area contributed by atoms with Gasteiger partial charge < -0.3 is 15.2 Å². The van der Waals surface area contributed by atoms with E-state index in [0.29, 0.717) is 17.7 Å². The summed E-state index contributed by atoms with van der Waals surface area (Å²) < 4.78 is 41.7. The van der Waals surface area contributed by atoms with Gasteiger partial charge in [0.1, 0.15) is 6.04 Å². The molecule has 1 aromatic heterocycles. The molecule has 0 aliphatic carbocycles. The third-order valence-corrected chi connectivity index (χ3v) is 3.50. The number of carbonyl (C=O) groups is 2. The van der Waals surface area contributed by atoms with Crippen molar-refractivity contribution >= 4 is 11.8 Å². The van der Waals surface area contributed by atoms with Crippen LogP contribution in [0.3, 0.4) is 0 Å². The van der Waals surface area contributed by atoms with Crippen molar-refractivity contribution < 1.29 is 27.3 Å². The third kappa shape index (κ3) is 2.94. The number of nitrogens with zero attached hydrogens (tertiary/aromatic N) is 2. The second-order valence-electron chi connectivity index (χ2n) is 5.22. The lowest BCUT2D eigenvalue weighted by Gasteiger charge is -2.26. The molecule has 2 amide bonds. The molecule has 1 aromatic carbocycles. The fourth-order valence-corrected chi connectivity index (χ4v) is 2.15. The van der Waals surface area contributed by atoms with Crippen molar-refractivity contribution in [2.75, 3.05) is 6.54 Å². The molecule has 7 nitrogen and oxygen atoms in total. The summed E-state index contributed by atoms with van der Waals surface area (Å²) in [4.78, 5) is 26.5. The van der Waals surface area contributed by atoms with Gasteiger partial charge in [-0.1, -0.05) is 11.2 Å². The van der Waals surface area contributed by atoms with Crippen molar-refractivity contribution in [2.24, 2.45) is 0 Å². The van der Waals surface area contributed by atoms with Gasteiger partial charge in [0.2, 0.25) is 11.7 Å². The fourth-order valence-electron chi connectivity index (χ4n) is 2.15. The lowest BCUT2D eigenvalue weighted by Crippen LogP contribution is -2.61. The molecule has 0 radical (unpaired) electrons. The van der Waals surface area contributed by atoms with Crippen molar-refractivity contribution in [3.05, 3.63) is 35.2 Å². The quantitative estimate of drug-likeness (QED) is 0.821. The van der Waals surface area contributed by atoms with E-state index in [1.54, 1.807) is 6.92 Å². The summed E-state index contributed by atoms with van der Waals surface area (Å²) in [5.41, 5.74) is 1.08. The van der Waals surface area contributed by atoms with Crippen molar-refractivity contribution in [3.8, 4) is 11.4 Å². The minimum atomic E-state index is -4.72. The standard InChI is InChI=1S/C14H11F3N4O3/c1-6-4-7(11(22)19-9-5-18-12(9)23)2-3-8(6)10-20-13(24-21-10)14(15,16)17/h2-4,9H,5H2,1H3,(H,18,23)(H,19,22). The van der Waals surface area contributed by atoms with Gasteiger partial charge >= 0.3 is 12.1 Å². The Hall–Kier alpha value is -2.91. The average Bonchev–Trinajstić information content (AvgIpc) is 3.00. The number of halogens is 3. The highest BCUT2D eigenvalue weighted by atomic mass is 19.4. The van der Waals surface area contributed by atoms with E-state index < -0.39 is 24.0 Å². The van der Waals surface area contributed by atoms with Gasteiger partial charge in [-0.05, 0) is 24.6 Å². The Morgan fingerprint density at radius 1 is 1.42 bits per heavy atom. The summed E-state index contributed by atoms with van der Waals surface area (Å²) in [7, 11) is 0. The molecule has 1 unspecified atom stereocenters. The van der Waals surface area contributed by atoms with E-state index in [0.717, 1.165) is 0 Å². The highest BCUT2D eigenvalue weighted by Crippen LogP contribution is 2.30. The maximum Gasteiger partial charge on any atom is 0.471 e. The van der Waals surface area contributed by atoms with Crippen LogP contribution in [0.15, 0.2) is 22.7 Å². The molecule has 0 spiro atoms. The molecule has 10 heteroatoms. The Kier molecular flexibility index (Phi) is 3.74. The summed E-state index contributed by atoms with van der Waals surface area (Å²) in [6.07, 6.45) is -4.72. The Balaban J connectivity index is 1.81. The van der Waals surface area contributed by atoms with Crippen LogP contribution in [0, 0.1) is 6.92 Å². The lowest BCUT2D eigenvalue weighted by atomic mass is 10.0. The SMILES string of the molecule is Cc1cc(C(=O)NC2CNC2=O)ccc1-c1noc(C(F)(F)F)n1. The summed E-state index contributed by atoms with van der Waals surface area (Å²) >= 11 is 0. The number of aromatic nitrogens is 2. The molecule has 1 aliphatic rings. The third-order valence-electron chi connectivity index (χ3n) is 3.50. The molecule has 2 N–H and O–H groups in total. The van der Waals surface area contributed by atoms with Gasteiger partial charge in [0, 0.05) is 17.7 Å². The monoisotopic (exact) mass is 340 g/mol. The minimum Gasteiger partial charge on any atom is -0.352 e. The minimum absolute atomic E-state index is 0.217. The molecule has 24 heavy (non-hydrogen) atoms. The summed E-state index contributed by atoms with van der Waals surface area (Å²) in [5.74, 6) is -2.36. The number of benzene rings is 1. The number of hydrogen-bond acceptors (Lipinski definition) is 5. The Labute approximate surface area is 133 Å². The number of carbonyl (C=O) groups excluding carboxylic acids is 2. The van der Waals surface area contributed by atoms with Crippen LogP contribution in [0.2, 0.25) is 0 Å². The molecule has 3 rings (SSSR count). The highest BCUT2D eigenvalue weighted by molar-refractivity contribution is 5.99. The number of hydrogen-bond donors (Lipinski definition) is 2. The van der Waals surface area contributed by atoms with Crippen molar-refractivity contribution in [1.29, 1.82) is 0 Å². The molecule has 2 aromatic rings. The van der Waals surface area contributed by atoms with Gasteiger partial charge in [0.25, 0.3) is 5.91 Å². The van der Waals surface area contributed by atoms with E-state index >= 15 is 0 Å². The first-order valence-electron chi connectivity index (χ1n) is 6.86. The Morgan fingerprint density at radius 2 is 2.17 bits per heavy atom. The first-order chi connectivity index (χ1) is 11.3. The Morgan fingerprint density at radius 3 is 2.67 bits per heavy atom. The predicted octanol–water partition coefficient (Wildman–Crippen LogP) is 1.29. The van der Waals surface area contributed by atoms with Crippen molar-refractivity contribution in [1.82, 2.24) is 20.8 Å². The zero-order chi connectivity index (χ0) is 17.5. The maximum absolute atomic E-state index is 12.5. The molecule has 0 bridgehead atoms. The molecule has 2 heterocycles. The maximum atomic E-state index is 12.5. The van der Waals surface area contributed by atoms with Crippen LogP contribution in [-0.2, 0) is 11.0 Å².